The molecule has 0 aliphatic carbocycles. The van der Waals surface area contributed by atoms with Gasteiger partial charge in [-0.25, -0.2) is 4.98 Å². The third-order valence-electron chi connectivity index (χ3n) is 9.53. The zero-order valence-electron chi connectivity index (χ0n) is 27.5. The predicted octanol–water partition coefficient (Wildman–Crippen LogP) is 9.10. The van der Waals surface area contributed by atoms with Crippen LogP contribution in [0.1, 0.15) is 59.2 Å². The first-order chi connectivity index (χ1) is 22.7. The van der Waals surface area contributed by atoms with Crippen LogP contribution in [0.4, 0.5) is 0 Å². The SMILES string of the molecule is COc1cc2c(cc1C(c1ccccc1)(c1ccccc1)c1ccccc1)-c1c(-c3cccs3)nc(C(=O)N(C)C(C)(C)C)n1CC2. The molecule has 1 aliphatic heterocycles. The summed E-state index contributed by atoms with van der Waals surface area (Å²) in [5, 5.41) is 2.07. The molecule has 0 unspecified atom stereocenters. The number of imidazole rings is 1. The fourth-order valence-electron chi connectivity index (χ4n) is 6.92. The van der Waals surface area contributed by atoms with E-state index in [0.29, 0.717) is 12.4 Å². The maximum atomic E-state index is 14.1. The molecule has 0 radical (unpaired) electrons. The molecule has 1 amide bonds. The van der Waals surface area contributed by atoms with Gasteiger partial charge in [0.15, 0.2) is 5.82 Å². The summed E-state index contributed by atoms with van der Waals surface area (Å²) < 4.78 is 8.45. The first-order valence-electron chi connectivity index (χ1n) is 16.1. The number of hydrogen-bond donors (Lipinski definition) is 0. The number of nitrogens with zero attached hydrogens (tertiary/aromatic N) is 3. The van der Waals surface area contributed by atoms with Crippen molar-refractivity contribution in [3.8, 4) is 27.6 Å². The molecule has 4 aromatic carbocycles. The van der Waals surface area contributed by atoms with E-state index in [1.54, 1.807) is 23.3 Å². The molecular weight excluding hydrogens is 599 g/mol. The van der Waals surface area contributed by atoms with Crippen molar-refractivity contribution < 1.29 is 9.53 Å². The lowest BCUT2D eigenvalue weighted by atomic mass is 9.64. The van der Waals surface area contributed by atoms with Crippen LogP contribution in [0.25, 0.3) is 21.8 Å². The van der Waals surface area contributed by atoms with Gasteiger partial charge in [0.25, 0.3) is 5.91 Å². The minimum atomic E-state index is -0.694. The first kappa shape index (κ1) is 30.7. The molecule has 5 nitrogen and oxygen atoms in total. The van der Waals surface area contributed by atoms with Gasteiger partial charge in [0, 0.05) is 30.3 Å². The number of amides is 1. The monoisotopic (exact) mass is 637 g/mol. The Bertz CT molecular complexity index is 1930. The van der Waals surface area contributed by atoms with Gasteiger partial charge in [-0.3, -0.25) is 4.79 Å². The Balaban J connectivity index is 1.57. The lowest BCUT2D eigenvalue weighted by Crippen LogP contribution is -2.43. The number of carbonyl (C=O) groups is 1. The normalized spacial score (nSPS) is 12.7. The smallest absolute Gasteiger partial charge is 0.290 e. The molecule has 6 heteroatoms. The summed E-state index contributed by atoms with van der Waals surface area (Å²) in [7, 11) is 3.63. The standard InChI is InChI=1S/C41H39N3O2S/c1-40(2,3)43(4)39(45)38-42-36(35-22-15-25-47-35)37-32-27-33(34(46-5)26-28(32)23-24-44(37)38)41(29-16-9-6-10-17-29,30-18-11-7-12-19-30)31-20-13-8-14-21-31/h6-22,25-27H,23-24H2,1-5H3. The van der Waals surface area contributed by atoms with E-state index < -0.39 is 5.41 Å². The lowest BCUT2D eigenvalue weighted by Gasteiger charge is -2.38. The van der Waals surface area contributed by atoms with Crippen molar-refractivity contribution in [2.75, 3.05) is 14.2 Å². The van der Waals surface area contributed by atoms with E-state index in [-0.39, 0.29) is 11.4 Å². The number of methoxy groups -OCH3 is 1. The van der Waals surface area contributed by atoms with Gasteiger partial charge in [0.2, 0.25) is 0 Å². The fraction of sp³-hybridized carbons (Fsp3) is 0.220. The average molecular weight is 638 g/mol. The zero-order valence-corrected chi connectivity index (χ0v) is 28.3. The van der Waals surface area contributed by atoms with Crippen molar-refractivity contribution >= 4 is 17.2 Å². The molecule has 0 atom stereocenters. The van der Waals surface area contributed by atoms with Gasteiger partial charge in [0.1, 0.15) is 11.4 Å². The molecule has 3 heterocycles. The Hall–Kier alpha value is -4.94. The second kappa shape index (κ2) is 12.0. The number of ether oxygens (including phenoxy) is 1. The lowest BCUT2D eigenvalue weighted by molar-refractivity contribution is 0.0638. The van der Waals surface area contributed by atoms with Crippen LogP contribution in [0.3, 0.4) is 0 Å². The van der Waals surface area contributed by atoms with E-state index in [1.807, 2.05) is 13.1 Å². The van der Waals surface area contributed by atoms with Gasteiger partial charge < -0.3 is 14.2 Å². The van der Waals surface area contributed by atoms with Gasteiger partial charge in [-0.15, -0.1) is 11.3 Å². The number of aromatic nitrogens is 2. The number of carbonyl (C=O) groups excluding carboxylic acids is 1. The summed E-state index contributed by atoms with van der Waals surface area (Å²) in [4.78, 5) is 22.0. The molecule has 7 rings (SSSR count). The molecule has 0 fully saturated rings. The molecule has 1 aliphatic rings. The van der Waals surface area contributed by atoms with Gasteiger partial charge >= 0.3 is 0 Å². The number of benzene rings is 4. The zero-order chi connectivity index (χ0) is 32.8. The Kier molecular flexibility index (Phi) is 7.85. The van der Waals surface area contributed by atoms with Gasteiger partial charge in [-0.2, -0.15) is 0 Å². The molecule has 0 spiro atoms. The highest BCUT2D eigenvalue weighted by atomic mass is 32.1. The topological polar surface area (TPSA) is 47.4 Å². The van der Waals surface area contributed by atoms with Crippen molar-refractivity contribution in [2.24, 2.45) is 0 Å². The van der Waals surface area contributed by atoms with Crippen molar-refractivity contribution in [1.29, 1.82) is 0 Å². The minimum Gasteiger partial charge on any atom is -0.496 e. The van der Waals surface area contributed by atoms with Crippen molar-refractivity contribution in [3.05, 3.63) is 154 Å². The van der Waals surface area contributed by atoms with E-state index in [2.05, 4.69) is 140 Å². The summed E-state index contributed by atoms with van der Waals surface area (Å²) in [6.07, 6.45) is 0.758. The number of thiophene rings is 1. The molecule has 236 valence electrons. The summed E-state index contributed by atoms with van der Waals surface area (Å²) in [5.41, 5.74) is 7.49. The minimum absolute atomic E-state index is 0.0778. The Labute approximate surface area is 281 Å². The third kappa shape index (κ3) is 5.08. The molecule has 6 aromatic rings. The van der Waals surface area contributed by atoms with Gasteiger partial charge in [0.05, 0.1) is 23.1 Å². The molecule has 0 saturated heterocycles. The van der Waals surface area contributed by atoms with E-state index in [0.717, 1.165) is 56.3 Å². The molecule has 0 saturated carbocycles. The maximum absolute atomic E-state index is 14.1. The average Bonchev–Trinajstić information content (AvgIpc) is 3.78. The quantitative estimate of drug-likeness (QED) is 0.164. The van der Waals surface area contributed by atoms with Gasteiger partial charge in [-0.05, 0) is 73.0 Å². The summed E-state index contributed by atoms with van der Waals surface area (Å²) in [6.45, 7) is 6.81. The number of rotatable bonds is 7. The first-order valence-corrected chi connectivity index (χ1v) is 16.9. The van der Waals surface area contributed by atoms with Crippen LogP contribution in [0.5, 0.6) is 5.75 Å². The van der Waals surface area contributed by atoms with Crippen LogP contribution in [0.2, 0.25) is 0 Å². The summed E-state index contributed by atoms with van der Waals surface area (Å²) in [6, 6.07) is 40.7. The molecule has 2 aromatic heterocycles. The van der Waals surface area contributed by atoms with Crippen molar-refractivity contribution in [2.45, 2.75) is 44.7 Å². The van der Waals surface area contributed by atoms with E-state index in [1.165, 1.54) is 5.56 Å². The highest BCUT2D eigenvalue weighted by molar-refractivity contribution is 7.13. The number of fused-ring (bicyclic) bond motifs is 3. The molecule has 0 bridgehead atoms. The largest absolute Gasteiger partial charge is 0.496 e. The Morgan fingerprint density at radius 1 is 0.830 bits per heavy atom. The van der Waals surface area contributed by atoms with Crippen molar-refractivity contribution in [3.63, 3.8) is 0 Å². The molecule has 47 heavy (non-hydrogen) atoms. The van der Waals surface area contributed by atoms with E-state index >= 15 is 0 Å². The fourth-order valence-corrected chi connectivity index (χ4v) is 7.64. The van der Waals surface area contributed by atoms with E-state index in [9.17, 15) is 4.79 Å². The Morgan fingerprint density at radius 3 is 1.89 bits per heavy atom. The predicted molar refractivity (Wildman–Crippen MR) is 191 cm³/mol. The third-order valence-corrected chi connectivity index (χ3v) is 10.4. The second-order valence-electron chi connectivity index (χ2n) is 13.1. The van der Waals surface area contributed by atoms with E-state index in [4.69, 9.17) is 9.72 Å². The number of aryl methyl sites for hydroxylation is 1. The van der Waals surface area contributed by atoms with Crippen LogP contribution in [-0.2, 0) is 18.4 Å². The highest BCUT2D eigenvalue weighted by Crippen LogP contribution is 2.51. The van der Waals surface area contributed by atoms with Crippen LogP contribution < -0.4 is 4.74 Å². The van der Waals surface area contributed by atoms with Crippen molar-refractivity contribution in [1.82, 2.24) is 14.5 Å². The second-order valence-corrected chi connectivity index (χ2v) is 14.1. The maximum Gasteiger partial charge on any atom is 0.290 e. The molecule has 0 N–H and O–H groups in total. The molecular formula is C41H39N3O2S. The van der Waals surface area contributed by atoms with Crippen LogP contribution in [-0.4, -0.2) is 40.1 Å². The summed E-state index contributed by atoms with van der Waals surface area (Å²) >= 11 is 1.65. The van der Waals surface area contributed by atoms with Crippen LogP contribution in [0, 0.1) is 0 Å². The van der Waals surface area contributed by atoms with Crippen LogP contribution in [0.15, 0.2) is 121 Å². The highest BCUT2D eigenvalue weighted by Gasteiger charge is 2.42. The van der Waals surface area contributed by atoms with Gasteiger partial charge in [-0.1, -0.05) is 97.1 Å². The number of hydrogen-bond acceptors (Lipinski definition) is 4. The Morgan fingerprint density at radius 2 is 1.40 bits per heavy atom. The summed E-state index contributed by atoms with van der Waals surface area (Å²) in [5.74, 6) is 1.23. The van der Waals surface area contributed by atoms with Crippen LogP contribution >= 0.6 is 11.3 Å².